The van der Waals surface area contributed by atoms with Gasteiger partial charge in [0.05, 0.1) is 38.5 Å². The molecule has 0 fully saturated rings. The standard InChI is InChI=1S/C27H19BrCl2N2O4S/c1-3-35-26(34)22-14(2)31-27-32(24(22)15-7-9-16(28)10-8-15)25(33)21(37-27)13-17-11-12-20(36-17)18-5-4-6-19(29)23(18)30/h4-13,24H,3H2,1-2H3/b21-13-/t24-/m1/s1. The predicted molar refractivity (Wildman–Crippen MR) is 149 cm³/mol. The summed E-state index contributed by atoms with van der Waals surface area (Å²) in [6, 6.07) is 15.6. The number of benzene rings is 2. The summed E-state index contributed by atoms with van der Waals surface area (Å²) in [5.74, 6) is 0.498. The van der Waals surface area contributed by atoms with Gasteiger partial charge >= 0.3 is 5.97 Å². The van der Waals surface area contributed by atoms with Crippen LogP contribution in [0.5, 0.6) is 0 Å². The minimum absolute atomic E-state index is 0.213. The lowest BCUT2D eigenvalue weighted by Crippen LogP contribution is -2.39. The highest BCUT2D eigenvalue weighted by Gasteiger charge is 2.33. The first kappa shape index (κ1) is 25.7. The smallest absolute Gasteiger partial charge is 0.338 e. The highest BCUT2D eigenvalue weighted by Crippen LogP contribution is 2.35. The van der Waals surface area contributed by atoms with Crippen molar-refractivity contribution in [2.24, 2.45) is 4.99 Å². The molecule has 0 saturated heterocycles. The Hall–Kier alpha value is -2.91. The molecule has 188 valence electrons. The molecule has 0 bridgehead atoms. The summed E-state index contributed by atoms with van der Waals surface area (Å²) in [6.07, 6.45) is 1.66. The Labute approximate surface area is 234 Å². The number of nitrogens with zero attached hydrogens (tertiary/aromatic N) is 2. The lowest BCUT2D eigenvalue weighted by molar-refractivity contribution is -0.139. The van der Waals surface area contributed by atoms with Crippen LogP contribution < -0.4 is 14.9 Å². The van der Waals surface area contributed by atoms with E-state index in [0.717, 1.165) is 10.0 Å². The molecule has 1 atom stereocenters. The van der Waals surface area contributed by atoms with Gasteiger partial charge in [-0.2, -0.15) is 0 Å². The highest BCUT2D eigenvalue weighted by molar-refractivity contribution is 9.10. The Balaban J connectivity index is 1.64. The molecule has 37 heavy (non-hydrogen) atoms. The zero-order valence-electron chi connectivity index (χ0n) is 19.6. The zero-order valence-corrected chi connectivity index (χ0v) is 23.5. The Kier molecular flexibility index (Phi) is 7.27. The van der Waals surface area contributed by atoms with Crippen LogP contribution in [0.3, 0.4) is 0 Å². The first-order valence-corrected chi connectivity index (χ1v) is 13.6. The van der Waals surface area contributed by atoms with Gasteiger partial charge in [0.25, 0.3) is 5.56 Å². The summed E-state index contributed by atoms with van der Waals surface area (Å²) in [7, 11) is 0. The lowest BCUT2D eigenvalue weighted by atomic mass is 9.96. The maximum Gasteiger partial charge on any atom is 0.338 e. The topological polar surface area (TPSA) is 73.8 Å². The van der Waals surface area contributed by atoms with Gasteiger partial charge in [-0.3, -0.25) is 9.36 Å². The van der Waals surface area contributed by atoms with E-state index in [1.54, 1.807) is 44.2 Å². The van der Waals surface area contributed by atoms with E-state index in [4.69, 9.17) is 32.4 Å². The van der Waals surface area contributed by atoms with Gasteiger partial charge in [-0.15, -0.1) is 0 Å². The van der Waals surface area contributed by atoms with Gasteiger partial charge in [0, 0.05) is 16.1 Å². The van der Waals surface area contributed by atoms with Crippen molar-refractivity contribution in [3.05, 3.63) is 111 Å². The van der Waals surface area contributed by atoms with Crippen LogP contribution in [0.1, 0.15) is 31.2 Å². The van der Waals surface area contributed by atoms with Crippen LogP contribution in [0.4, 0.5) is 0 Å². The van der Waals surface area contributed by atoms with Crippen LogP contribution in [0, 0.1) is 0 Å². The molecule has 0 N–H and O–H groups in total. The number of ether oxygens (including phenoxy) is 1. The second kappa shape index (κ2) is 10.5. The van der Waals surface area contributed by atoms with Crippen LogP contribution >= 0.6 is 50.5 Å². The summed E-state index contributed by atoms with van der Waals surface area (Å²) < 4.78 is 14.1. The zero-order chi connectivity index (χ0) is 26.3. The predicted octanol–water partition coefficient (Wildman–Crippen LogP) is 6.13. The van der Waals surface area contributed by atoms with Crippen LogP contribution in [-0.4, -0.2) is 17.1 Å². The van der Waals surface area contributed by atoms with E-state index in [2.05, 4.69) is 20.9 Å². The molecule has 0 radical (unpaired) electrons. The third kappa shape index (κ3) is 4.86. The van der Waals surface area contributed by atoms with E-state index >= 15 is 0 Å². The van der Waals surface area contributed by atoms with Crippen molar-refractivity contribution in [1.29, 1.82) is 0 Å². The number of furan rings is 1. The minimum Gasteiger partial charge on any atom is -0.463 e. The molecule has 0 saturated carbocycles. The number of halogens is 3. The SMILES string of the molecule is CCOC(=O)C1=C(C)N=c2s/c(=C\c3ccc(-c4cccc(Cl)c4Cl)o3)c(=O)n2[C@@H]1c1ccc(Br)cc1. The fraction of sp³-hybridized carbons (Fsp3) is 0.148. The van der Waals surface area contributed by atoms with Gasteiger partial charge in [-0.05, 0) is 55.8 Å². The second-order valence-electron chi connectivity index (χ2n) is 8.16. The van der Waals surface area contributed by atoms with Gasteiger partial charge in [0.15, 0.2) is 4.80 Å². The summed E-state index contributed by atoms with van der Waals surface area (Å²) in [4.78, 5) is 31.7. The quantitative estimate of drug-likeness (QED) is 0.253. The summed E-state index contributed by atoms with van der Waals surface area (Å²) in [5.41, 5.74) is 1.98. The number of thiazole rings is 1. The average molecular weight is 618 g/mol. The largest absolute Gasteiger partial charge is 0.463 e. The number of fused-ring (bicyclic) bond motifs is 1. The van der Waals surface area contributed by atoms with Gasteiger partial charge in [-0.25, -0.2) is 9.79 Å². The highest BCUT2D eigenvalue weighted by atomic mass is 79.9. The number of aromatic nitrogens is 1. The summed E-state index contributed by atoms with van der Waals surface area (Å²) in [6.45, 7) is 3.71. The van der Waals surface area contributed by atoms with Gasteiger partial charge < -0.3 is 9.15 Å². The Bertz CT molecular complexity index is 1730. The molecule has 3 heterocycles. The van der Waals surface area contributed by atoms with E-state index in [0.29, 0.717) is 47.7 Å². The first-order chi connectivity index (χ1) is 17.8. The van der Waals surface area contributed by atoms with Crippen LogP contribution in [0.25, 0.3) is 17.4 Å². The van der Waals surface area contributed by atoms with Crippen molar-refractivity contribution in [3.8, 4) is 11.3 Å². The molecule has 6 nitrogen and oxygen atoms in total. The number of esters is 1. The number of hydrogen-bond acceptors (Lipinski definition) is 6. The molecular formula is C27H19BrCl2N2O4S. The van der Waals surface area contributed by atoms with E-state index < -0.39 is 12.0 Å². The molecule has 0 aliphatic carbocycles. The molecule has 2 aromatic carbocycles. The molecule has 1 aliphatic rings. The van der Waals surface area contributed by atoms with E-state index in [-0.39, 0.29) is 12.2 Å². The maximum absolute atomic E-state index is 13.7. The van der Waals surface area contributed by atoms with Crippen molar-refractivity contribution in [3.63, 3.8) is 0 Å². The number of rotatable bonds is 5. The minimum atomic E-state index is -0.678. The molecule has 5 rings (SSSR count). The third-order valence-corrected chi connectivity index (χ3v) is 8.15. The van der Waals surface area contributed by atoms with Crippen LogP contribution in [-0.2, 0) is 9.53 Å². The molecule has 0 amide bonds. The maximum atomic E-state index is 13.7. The molecule has 2 aromatic heterocycles. The number of hydrogen-bond donors (Lipinski definition) is 0. The molecule has 4 aromatic rings. The third-order valence-electron chi connectivity index (χ3n) is 5.82. The fourth-order valence-corrected chi connectivity index (χ4v) is 5.84. The fourth-order valence-electron chi connectivity index (χ4n) is 4.15. The lowest BCUT2D eigenvalue weighted by Gasteiger charge is -2.24. The first-order valence-electron chi connectivity index (χ1n) is 11.3. The Morgan fingerprint density at radius 1 is 1.19 bits per heavy atom. The van der Waals surface area contributed by atoms with Gasteiger partial charge in [-0.1, -0.05) is 68.7 Å². The summed E-state index contributed by atoms with van der Waals surface area (Å²) in [5, 5.41) is 0.812. The Morgan fingerprint density at radius 2 is 1.95 bits per heavy atom. The Morgan fingerprint density at radius 3 is 2.68 bits per heavy atom. The molecule has 0 unspecified atom stereocenters. The van der Waals surface area contributed by atoms with Crippen molar-refractivity contribution < 1.29 is 13.9 Å². The van der Waals surface area contributed by atoms with E-state index in [1.807, 2.05) is 30.3 Å². The van der Waals surface area contributed by atoms with Crippen LogP contribution in [0.15, 0.2) is 84.5 Å². The molecule has 1 aliphatic heterocycles. The average Bonchev–Trinajstić information content (AvgIpc) is 3.45. The number of carbonyl (C=O) groups excluding carboxylic acids is 1. The van der Waals surface area contributed by atoms with Crippen molar-refractivity contribution in [1.82, 2.24) is 4.57 Å². The van der Waals surface area contributed by atoms with Crippen LogP contribution in [0.2, 0.25) is 10.0 Å². The molecule has 10 heteroatoms. The van der Waals surface area contributed by atoms with E-state index in [9.17, 15) is 9.59 Å². The molecule has 0 spiro atoms. The number of allylic oxidation sites excluding steroid dienone is 1. The van der Waals surface area contributed by atoms with E-state index in [1.165, 1.54) is 15.9 Å². The van der Waals surface area contributed by atoms with Gasteiger partial charge in [0.1, 0.15) is 11.5 Å². The number of carbonyl (C=O) groups is 1. The normalized spacial score (nSPS) is 15.5. The molecular weight excluding hydrogens is 599 g/mol. The van der Waals surface area contributed by atoms with Crippen molar-refractivity contribution >= 4 is 62.5 Å². The van der Waals surface area contributed by atoms with Gasteiger partial charge in [0.2, 0.25) is 0 Å². The van der Waals surface area contributed by atoms with Crippen molar-refractivity contribution in [2.45, 2.75) is 19.9 Å². The second-order valence-corrected chi connectivity index (χ2v) is 10.9. The monoisotopic (exact) mass is 616 g/mol. The summed E-state index contributed by atoms with van der Waals surface area (Å²) >= 11 is 17.2. The van der Waals surface area contributed by atoms with Crippen molar-refractivity contribution in [2.75, 3.05) is 6.61 Å².